The third kappa shape index (κ3) is 9.31. The molecule has 0 aromatic heterocycles. The lowest BCUT2D eigenvalue weighted by Gasteiger charge is -2.00. The van der Waals surface area contributed by atoms with Gasteiger partial charge in [0.2, 0.25) is 0 Å². The molecule has 0 aliphatic heterocycles. The van der Waals surface area contributed by atoms with Crippen molar-refractivity contribution < 1.29 is 14.0 Å². The molecule has 0 fully saturated rings. The molecule has 0 rings (SSSR count). The highest BCUT2D eigenvalue weighted by Gasteiger charge is 2.01. The minimum atomic E-state index is -0.850. The van der Waals surface area contributed by atoms with Crippen LogP contribution in [0.3, 0.4) is 0 Å². The highest BCUT2D eigenvalue weighted by Crippen LogP contribution is 2.19. The zero-order valence-electron chi connectivity index (χ0n) is 5.54. The largest absolute Gasteiger partial charge is 0.597 e. The SMILES string of the molecule is COCCOCS[S+]([O-])I. The lowest BCUT2D eigenvalue weighted by atomic mass is 10.8. The molecule has 0 bridgehead atoms. The predicted octanol–water partition coefficient (Wildman–Crippen LogP) is 1.35. The van der Waals surface area contributed by atoms with E-state index in [2.05, 4.69) is 0 Å². The highest BCUT2D eigenvalue weighted by atomic mass is 127. The van der Waals surface area contributed by atoms with Crippen molar-refractivity contribution in [3.05, 3.63) is 0 Å². The summed E-state index contributed by atoms with van der Waals surface area (Å²) in [6.07, 6.45) is 0. The van der Waals surface area contributed by atoms with Crippen LogP contribution >= 0.6 is 32.0 Å². The van der Waals surface area contributed by atoms with Crippen LogP contribution in [0.1, 0.15) is 0 Å². The van der Waals surface area contributed by atoms with Gasteiger partial charge in [-0.1, -0.05) is 0 Å². The molecule has 0 saturated heterocycles. The second-order valence-electron chi connectivity index (χ2n) is 1.33. The predicted molar refractivity (Wildman–Crippen MR) is 52.4 cm³/mol. The first-order valence-corrected chi connectivity index (χ1v) is 7.75. The summed E-state index contributed by atoms with van der Waals surface area (Å²) in [6, 6.07) is 0. The van der Waals surface area contributed by atoms with E-state index in [0.717, 1.165) is 0 Å². The van der Waals surface area contributed by atoms with E-state index in [9.17, 15) is 4.55 Å². The zero-order valence-corrected chi connectivity index (χ0v) is 9.33. The molecule has 0 aromatic carbocycles. The highest BCUT2D eigenvalue weighted by molar-refractivity contribution is 14.2. The van der Waals surface area contributed by atoms with Crippen LogP contribution in [0, 0.1) is 0 Å². The number of halogens is 1. The van der Waals surface area contributed by atoms with E-state index in [1.54, 1.807) is 7.11 Å². The van der Waals surface area contributed by atoms with Crippen molar-refractivity contribution in [3.8, 4) is 0 Å². The number of methoxy groups -OCH3 is 1. The topological polar surface area (TPSA) is 41.5 Å². The van der Waals surface area contributed by atoms with Gasteiger partial charge in [-0.25, -0.2) is 0 Å². The summed E-state index contributed by atoms with van der Waals surface area (Å²) < 4.78 is 20.2. The molecule has 0 radical (unpaired) electrons. The van der Waals surface area contributed by atoms with Crippen LogP contribution in [-0.2, 0) is 16.9 Å². The fourth-order valence-corrected chi connectivity index (χ4v) is 1.90. The monoisotopic (exact) mass is 296 g/mol. The molecular formula is C4H9IO3S2. The molecule has 6 heteroatoms. The van der Waals surface area contributed by atoms with Gasteiger partial charge < -0.3 is 14.0 Å². The van der Waals surface area contributed by atoms with Crippen LogP contribution < -0.4 is 0 Å². The van der Waals surface area contributed by atoms with Crippen LogP contribution in [0.25, 0.3) is 0 Å². The molecule has 0 spiro atoms. The smallest absolute Gasteiger partial charge is 0.264 e. The van der Waals surface area contributed by atoms with Crippen molar-refractivity contribution in [1.29, 1.82) is 0 Å². The summed E-state index contributed by atoms with van der Waals surface area (Å²) in [5.41, 5.74) is 0. The van der Waals surface area contributed by atoms with Crippen LogP contribution in [0.5, 0.6) is 0 Å². The average molecular weight is 296 g/mol. The van der Waals surface area contributed by atoms with E-state index in [0.29, 0.717) is 19.2 Å². The molecule has 0 amide bonds. The fraction of sp³-hybridized carbons (Fsp3) is 1.00. The van der Waals surface area contributed by atoms with Crippen molar-refractivity contribution in [3.63, 3.8) is 0 Å². The van der Waals surface area contributed by atoms with Gasteiger partial charge in [-0.05, 0) is 0 Å². The van der Waals surface area contributed by atoms with Crippen molar-refractivity contribution >= 4 is 39.4 Å². The maximum atomic E-state index is 10.4. The summed E-state index contributed by atoms with van der Waals surface area (Å²) in [5, 5.41) is 0. The van der Waals surface area contributed by atoms with Gasteiger partial charge in [0.15, 0.2) is 0 Å². The zero-order chi connectivity index (χ0) is 7.82. The van der Waals surface area contributed by atoms with Crippen LogP contribution in [0.4, 0.5) is 0 Å². The molecule has 0 aliphatic carbocycles. The molecule has 1 atom stereocenters. The average Bonchev–Trinajstić information content (AvgIpc) is 1.87. The molecule has 10 heavy (non-hydrogen) atoms. The van der Waals surface area contributed by atoms with Crippen molar-refractivity contribution in [2.45, 2.75) is 0 Å². The Morgan fingerprint density at radius 1 is 1.60 bits per heavy atom. The van der Waals surface area contributed by atoms with Gasteiger partial charge in [0.25, 0.3) is 21.2 Å². The fourth-order valence-electron chi connectivity index (χ4n) is 0.273. The molecular weight excluding hydrogens is 287 g/mol. The summed E-state index contributed by atoms with van der Waals surface area (Å²) in [5.74, 6) is 0.471. The van der Waals surface area contributed by atoms with E-state index >= 15 is 0 Å². The molecule has 62 valence electrons. The molecule has 3 nitrogen and oxygen atoms in total. The van der Waals surface area contributed by atoms with Gasteiger partial charge in [-0.3, -0.25) is 0 Å². The third-order valence-corrected chi connectivity index (χ3v) is 4.24. The standard InChI is InChI=1S/C4H9IO3S2/c1-7-2-3-8-4-9-10(5)6/h2-4H2,1H3. The minimum absolute atomic E-state index is 0.471. The van der Waals surface area contributed by atoms with Crippen molar-refractivity contribution in [1.82, 2.24) is 0 Å². The van der Waals surface area contributed by atoms with Crippen LogP contribution in [0.2, 0.25) is 0 Å². The Labute approximate surface area is 79.4 Å². The number of rotatable bonds is 6. The van der Waals surface area contributed by atoms with Gasteiger partial charge in [0.05, 0.1) is 20.6 Å². The van der Waals surface area contributed by atoms with Crippen molar-refractivity contribution in [2.24, 2.45) is 0 Å². The molecule has 0 aliphatic rings. The summed E-state index contributed by atoms with van der Waals surface area (Å²) in [4.78, 5) is 0. The maximum Gasteiger partial charge on any atom is 0.264 e. The molecule has 0 aromatic rings. The Balaban J connectivity index is 2.77. The van der Waals surface area contributed by atoms with Gasteiger partial charge in [0, 0.05) is 7.11 Å². The van der Waals surface area contributed by atoms with Crippen molar-refractivity contribution in [2.75, 3.05) is 26.3 Å². The summed E-state index contributed by atoms with van der Waals surface area (Å²) in [6.45, 7) is 1.16. The van der Waals surface area contributed by atoms with E-state index in [1.807, 2.05) is 21.2 Å². The van der Waals surface area contributed by atoms with Crippen LogP contribution in [-0.4, -0.2) is 30.8 Å². The lowest BCUT2D eigenvalue weighted by molar-refractivity contribution is 0.0957. The molecule has 0 saturated carbocycles. The maximum absolute atomic E-state index is 10.4. The Hall–Kier alpha value is 1.31. The Bertz CT molecular complexity index is 73.5. The number of hydrogen-bond donors (Lipinski definition) is 0. The van der Waals surface area contributed by atoms with E-state index in [4.69, 9.17) is 9.47 Å². The lowest BCUT2D eigenvalue weighted by Crippen LogP contribution is -2.01. The summed E-state index contributed by atoms with van der Waals surface area (Å²) in [7, 11) is 2.03. The Morgan fingerprint density at radius 2 is 2.30 bits per heavy atom. The quantitative estimate of drug-likeness (QED) is 0.244. The minimum Gasteiger partial charge on any atom is -0.597 e. The Morgan fingerprint density at radius 3 is 2.80 bits per heavy atom. The van der Waals surface area contributed by atoms with E-state index in [-0.39, 0.29) is 0 Å². The second kappa shape index (κ2) is 8.41. The van der Waals surface area contributed by atoms with Gasteiger partial charge in [-0.2, -0.15) is 0 Å². The van der Waals surface area contributed by atoms with E-state index in [1.165, 1.54) is 10.8 Å². The van der Waals surface area contributed by atoms with E-state index < -0.39 is 7.38 Å². The van der Waals surface area contributed by atoms with Gasteiger partial charge in [-0.15, -0.1) is 0 Å². The first kappa shape index (κ1) is 11.3. The van der Waals surface area contributed by atoms with Crippen LogP contribution in [0.15, 0.2) is 0 Å². The number of ether oxygens (including phenoxy) is 2. The van der Waals surface area contributed by atoms with Gasteiger partial charge >= 0.3 is 0 Å². The first-order chi connectivity index (χ1) is 4.77. The molecule has 0 N–H and O–H groups in total. The normalized spacial score (nSPS) is 13.5. The first-order valence-electron chi connectivity index (χ1n) is 2.55. The third-order valence-electron chi connectivity index (χ3n) is 0.656. The molecule has 0 heterocycles. The summed E-state index contributed by atoms with van der Waals surface area (Å²) >= 11 is 1.83. The Kier molecular flexibility index (Phi) is 9.51. The van der Waals surface area contributed by atoms with Gasteiger partial charge in [0.1, 0.15) is 16.7 Å². The molecule has 1 unspecified atom stereocenters. The number of hydrogen-bond acceptors (Lipinski definition) is 4. The second-order valence-corrected chi connectivity index (χ2v) is 8.00.